The molecule has 0 spiro atoms. The summed E-state index contributed by atoms with van der Waals surface area (Å²) >= 11 is 3.67. The van der Waals surface area contributed by atoms with Crippen LogP contribution in [-0.4, -0.2) is 0 Å². The molecule has 0 nitrogen and oxygen atoms in total. The lowest BCUT2D eigenvalue weighted by molar-refractivity contribution is 1.64. The van der Waals surface area contributed by atoms with Crippen LogP contribution < -0.4 is 9.75 Å². The van der Waals surface area contributed by atoms with Gasteiger partial charge in [0, 0.05) is 40.2 Å². The fourth-order valence-electron chi connectivity index (χ4n) is 8.10. The number of hydrogen-bond donors (Lipinski definition) is 0. The van der Waals surface area contributed by atoms with E-state index in [1.807, 2.05) is 11.3 Å². The monoisotopic (exact) mass is 722 g/mol. The molecule has 0 aliphatic carbocycles. The number of benzene rings is 7. The van der Waals surface area contributed by atoms with Crippen LogP contribution in [-0.2, 0) is 0 Å². The molecule has 0 amide bonds. The number of allylic oxidation sites excluding steroid dienone is 1. The Morgan fingerprint density at radius 3 is 1.57 bits per heavy atom. The molecule has 0 bridgehead atoms. The third-order valence-corrected chi connectivity index (χ3v) is 13.0. The first kappa shape index (κ1) is 32.3. The van der Waals surface area contributed by atoms with Crippen LogP contribution in [0.15, 0.2) is 183 Å². The molecule has 2 heterocycles. The highest BCUT2D eigenvalue weighted by Gasteiger charge is 2.16. The second-order valence-corrected chi connectivity index (χ2v) is 15.9. The summed E-state index contributed by atoms with van der Waals surface area (Å²) in [5.74, 6) is 0. The maximum absolute atomic E-state index is 4.65. The van der Waals surface area contributed by atoms with Gasteiger partial charge in [0.05, 0.1) is 0 Å². The van der Waals surface area contributed by atoms with Crippen molar-refractivity contribution in [2.45, 2.75) is 0 Å². The third kappa shape index (κ3) is 5.34. The van der Waals surface area contributed by atoms with Gasteiger partial charge in [-0.2, -0.15) is 0 Å². The quantitative estimate of drug-likeness (QED) is 0.159. The van der Waals surface area contributed by atoms with Crippen molar-refractivity contribution in [1.82, 2.24) is 0 Å². The van der Waals surface area contributed by atoms with Gasteiger partial charge in [-0.05, 0) is 83.7 Å². The Bertz CT molecular complexity index is 3250. The van der Waals surface area contributed by atoms with Crippen LogP contribution in [0.5, 0.6) is 0 Å². The van der Waals surface area contributed by atoms with E-state index < -0.39 is 0 Å². The fourth-order valence-corrected chi connectivity index (χ4v) is 10.5. The molecule has 2 aromatic heterocycles. The summed E-state index contributed by atoms with van der Waals surface area (Å²) < 4.78 is 5.05. The van der Waals surface area contributed by atoms with Gasteiger partial charge in [0.25, 0.3) is 0 Å². The minimum atomic E-state index is 0.946. The minimum absolute atomic E-state index is 0.946. The highest BCUT2D eigenvalue weighted by atomic mass is 32.1. The first-order valence-electron chi connectivity index (χ1n) is 18.2. The van der Waals surface area contributed by atoms with E-state index >= 15 is 0 Å². The standard InChI is InChI=1S/C52H34S2/c1-33(32-48-34(2)49-43-28-29-44-38-20-14-15-25-46(38)54-52(44)45(43)30-31-47(49)53-48)35-16-6-3-4-7-19-37(27-26-35)51-41-23-12-10-21-39(41)50(36-17-8-5-9-18-36)40-22-11-13-24-42(40)51/h3-32H,1-2H2/b4-3?,6-3?,7-4?,16-6?,19-7?,27-26?,35-16?,35-26?,37-19?,37-27?,48-32+. The molecule has 8 aromatic carbocycles. The van der Waals surface area contributed by atoms with Crippen LogP contribution >= 0.6 is 22.7 Å². The SMILES string of the molecule is C=C(/C=c1/sc2ccc3c(ccc4c5ccccc5sc43)c2c1=C)c1ccccccc(-c2c3ccccc3c(-c3ccccc3)c3ccccc23)cc1. The zero-order valence-corrected chi connectivity index (χ0v) is 31.2. The van der Waals surface area contributed by atoms with Gasteiger partial charge < -0.3 is 0 Å². The molecule has 0 N–H and O–H groups in total. The topological polar surface area (TPSA) is 0 Å². The normalized spacial score (nSPS) is 12.0. The van der Waals surface area contributed by atoms with Gasteiger partial charge in [-0.1, -0.05) is 177 Å². The summed E-state index contributed by atoms with van der Waals surface area (Å²) in [6, 6.07) is 63.5. The molecular weight excluding hydrogens is 689 g/mol. The van der Waals surface area contributed by atoms with E-state index in [2.05, 4.69) is 195 Å². The zero-order chi connectivity index (χ0) is 36.2. The van der Waals surface area contributed by atoms with Crippen LogP contribution in [0.1, 0.15) is 5.56 Å². The van der Waals surface area contributed by atoms with Crippen LogP contribution in [0, 0.1) is 0 Å². The number of thiophene rings is 2. The van der Waals surface area contributed by atoms with Gasteiger partial charge in [-0.15, -0.1) is 22.7 Å². The highest BCUT2D eigenvalue weighted by molar-refractivity contribution is 7.26. The zero-order valence-electron chi connectivity index (χ0n) is 29.6. The van der Waals surface area contributed by atoms with Gasteiger partial charge in [0.1, 0.15) is 0 Å². The van der Waals surface area contributed by atoms with Crippen LogP contribution in [0.2, 0.25) is 0 Å². The Labute approximate surface area is 321 Å². The maximum Gasteiger partial charge on any atom is 0.0434 e. The molecule has 0 aliphatic rings. The number of hydrogen-bond acceptors (Lipinski definition) is 2. The van der Waals surface area contributed by atoms with Crippen LogP contribution in [0.4, 0.5) is 0 Å². The maximum atomic E-state index is 4.65. The Morgan fingerprint density at radius 1 is 0.407 bits per heavy atom. The molecule has 10 rings (SSSR count). The number of fused-ring (bicyclic) bond motifs is 9. The molecule has 10 aromatic rings. The summed E-state index contributed by atoms with van der Waals surface area (Å²) in [7, 11) is 0. The van der Waals surface area contributed by atoms with E-state index in [0.717, 1.165) is 26.5 Å². The van der Waals surface area contributed by atoms with E-state index in [-0.39, 0.29) is 0 Å². The second kappa shape index (κ2) is 13.3. The predicted molar refractivity (Wildman–Crippen MR) is 240 cm³/mol. The lowest BCUT2D eigenvalue weighted by atomic mass is 9.86. The molecule has 0 saturated heterocycles. The van der Waals surface area contributed by atoms with E-state index in [1.54, 1.807) is 11.3 Å². The first-order valence-corrected chi connectivity index (χ1v) is 19.9. The van der Waals surface area contributed by atoms with E-state index in [9.17, 15) is 0 Å². The number of rotatable bonds is 4. The van der Waals surface area contributed by atoms with Crippen molar-refractivity contribution in [3.05, 3.63) is 198 Å². The van der Waals surface area contributed by atoms with Gasteiger partial charge in [-0.25, -0.2) is 0 Å². The predicted octanol–water partition coefficient (Wildman–Crippen LogP) is 14.1. The molecular formula is C52H34S2. The summed E-state index contributed by atoms with van der Waals surface area (Å²) in [6.07, 6.45) is 2.21. The third-order valence-electron chi connectivity index (χ3n) is 10.6. The average molecular weight is 723 g/mol. The Morgan fingerprint density at radius 2 is 0.907 bits per heavy atom. The van der Waals surface area contributed by atoms with Crippen LogP contribution in [0.3, 0.4) is 0 Å². The van der Waals surface area contributed by atoms with Crippen molar-refractivity contribution in [3.8, 4) is 22.3 Å². The lowest BCUT2D eigenvalue weighted by Crippen LogP contribution is -2.16. The lowest BCUT2D eigenvalue weighted by Gasteiger charge is -2.17. The van der Waals surface area contributed by atoms with Gasteiger partial charge >= 0.3 is 0 Å². The Hall–Kier alpha value is -6.32. The average Bonchev–Trinajstić information content (AvgIpc) is 3.76. The largest absolute Gasteiger partial charge is 0.135 e. The summed E-state index contributed by atoms with van der Waals surface area (Å²) in [5.41, 5.74) is 6.86. The fraction of sp³-hybridized carbons (Fsp3) is 0. The van der Waals surface area contributed by atoms with Crippen molar-refractivity contribution in [2.75, 3.05) is 0 Å². The molecule has 2 heteroatoms. The van der Waals surface area contributed by atoms with E-state index in [4.69, 9.17) is 0 Å². The van der Waals surface area contributed by atoms with Gasteiger partial charge in [-0.3, -0.25) is 0 Å². The summed E-state index contributed by atoms with van der Waals surface area (Å²) in [4.78, 5) is 0. The smallest absolute Gasteiger partial charge is 0.0434 e. The van der Waals surface area contributed by atoms with Gasteiger partial charge in [0.15, 0.2) is 0 Å². The molecule has 0 aliphatic heterocycles. The van der Waals surface area contributed by atoms with Crippen molar-refractivity contribution in [3.63, 3.8) is 0 Å². The van der Waals surface area contributed by atoms with Crippen molar-refractivity contribution in [1.29, 1.82) is 0 Å². The molecule has 254 valence electrons. The molecule has 0 radical (unpaired) electrons. The van der Waals surface area contributed by atoms with Crippen molar-refractivity contribution in [2.24, 2.45) is 0 Å². The second-order valence-electron chi connectivity index (χ2n) is 13.7. The molecule has 0 unspecified atom stereocenters. The van der Waals surface area contributed by atoms with Crippen molar-refractivity contribution >= 4 is 103 Å². The molecule has 0 saturated carbocycles. The van der Waals surface area contributed by atoms with Gasteiger partial charge in [0.2, 0.25) is 0 Å². The Kier molecular flexibility index (Phi) is 7.95. The highest BCUT2D eigenvalue weighted by Crippen LogP contribution is 2.44. The van der Waals surface area contributed by atoms with Crippen molar-refractivity contribution < 1.29 is 0 Å². The van der Waals surface area contributed by atoms with E-state index in [0.29, 0.717) is 0 Å². The molecule has 0 fully saturated rings. The first-order chi connectivity index (χ1) is 26.6. The summed E-state index contributed by atoms with van der Waals surface area (Å²) in [5, 5.41) is 12.4. The summed E-state index contributed by atoms with van der Waals surface area (Å²) in [6.45, 7) is 9.27. The molecule has 54 heavy (non-hydrogen) atoms. The minimum Gasteiger partial charge on any atom is -0.135 e. The molecule has 0 atom stereocenters. The van der Waals surface area contributed by atoms with Crippen LogP contribution in [0.25, 0.3) is 103 Å². The van der Waals surface area contributed by atoms with E-state index in [1.165, 1.54) is 79.3 Å². The Balaban J connectivity index is 1.13.